The van der Waals surface area contributed by atoms with E-state index >= 15 is 0 Å². The molecule has 1 atom stereocenters. The van der Waals surface area contributed by atoms with Crippen LogP contribution in [0.4, 0.5) is 4.79 Å². The van der Waals surface area contributed by atoms with Gasteiger partial charge in [-0.1, -0.05) is 0 Å². The second-order valence-corrected chi connectivity index (χ2v) is 4.05. The van der Waals surface area contributed by atoms with Crippen LogP contribution in [0.5, 0.6) is 0 Å². The summed E-state index contributed by atoms with van der Waals surface area (Å²) in [5.74, 6) is 0. The van der Waals surface area contributed by atoms with Crippen molar-refractivity contribution in [2.24, 2.45) is 0 Å². The lowest BCUT2D eigenvalue weighted by Gasteiger charge is -2.28. The molecule has 0 N–H and O–H groups in total. The van der Waals surface area contributed by atoms with Crippen LogP contribution in [-0.4, -0.2) is 56.2 Å². The normalized spacial score (nSPS) is 21.8. The third-order valence-electron chi connectivity index (χ3n) is 2.46. The molecule has 1 aliphatic heterocycles. The molecule has 0 aromatic heterocycles. The number of amides is 2. The molecule has 1 heterocycles. The quantitative estimate of drug-likeness (QED) is 0.670. The van der Waals surface area contributed by atoms with Crippen molar-refractivity contribution in [2.75, 3.05) is 34.3 Å². The van der Waals surface area contributed by atoms with Crippen LogP contribution in [0.15, 0.2) is 0 Å². The highest BCUT2D eigenvalue weighted by atomic mass is 16.5. The molecule has 0 bridgehead atoms. The average Bonchev–Trinajstić information content (AvgIpc) is 2.18. The van der Waals surface area contributed by atoms with E-state index < -0.39 is 0 Å². The van der Waals surface area contributed by atoms with Crippen LogP contribution >= 0.6 is 0 Å². The second kappa shape index (κ2) is 5.20. The fourth-order valence-corrected chi connectivity index (χ4v) is 1.68. The average molecular weight is 200 g/mol. The Kier molecular flexibility index (Phi) is 4.20. The van der Waals surface area contributed by atoms with Crippen molar-refractivity contribution < 1.29 is 9.53 Å². The fraction of sp³-hybridized carbons (Fsp3) is 0.900. The van der Waals surface area contributed by atoms with Crippen molar-refractivity contribution in [3.05, 3.63) is 0 Å². The molecule has 0 aromatic carbocycles. The van der Waals surface area contributed by atoms with E-state index in [9.17, 15) is 4.79 Å². The molecule has 0 aliphatic carbocycles. The number of likely N-dealkylation sites (N-methyl/N-ethyl adjacent to an activating group) is 1. The van der Waals surface area contributed by atoms with Gasteiger partial charge in [0.15, 0.2) is 0 Å². The second-order valence-electron chi connectivity index (χ2n) is 4.05. The summed E-state index contributed by atoms with van der Waals surface area (Å²) in [5.41, 5.74) is 0. The van der Waals surface area contributed by atoms with Crippen molar-refractivity contribution in [3.8, 4) is 0 Å². The van der Waals surface area contributed by atoms with Gasteiger partial charge in [0.25, 0.3) is 0 Å². The van der Waals surface area contributed by atoms with E-state index in [1.54, 1.807) is 23.9 Å². The first-order chi connectivity index (χ1) is 6.61. The molecule has 0 spiro atoms. The maximum atomic E-state index is 11.5. The van der Waals surface area contributed by atoms with Gasteiger partial charge in [-0.15, -0.1) is 0 Å². The summed E-state index contributed by atoms with van der Waals surface area (Å²) in [7, 11) is 5.35. The molecule has 1 unspecified atom stereocenters. The number of carbonyl (C=O) groups excluding carboxylic acids is 1. The lowest BCUT2D eigenvalue weighted by atomic mass is 10.1. The Balaban J connectivity index is 2.31. The predicted molar refractivity (Wildman–Crippen MR) is 55.3 cm³/mol. The van der Waals surface area contributed by atoms with Gasteiger partial charge in [-0.25, -0.2) is 4.79 Å². The predicted octanol–water partition coefficient (Wildman–Crippen LogP) is 1.17. The van der Waals surface area contributed by atoms with E-state index in [0.29, 0.717) is 6.54 Å². The maximum Gasteiger partial charge on any atom is 0.319 e. The standard InChI is InChI=1S/C10H20N2O2/c1-11(2)10(13)12(3)8-9-6-4-5-7-14-9/h9H,4-8H2,1-3H3. The van der Waals surface area contributed by atoms with Gasteiger partial charge in [0.05, 0.1) is 6.10 Å². The zero-order valence-electron chi connectivity index (χ0n) is 9.32. The Morgan fingerprint density at radius 1 is 1.36 bits per heavy atom. The van der Waals surface area contributed by atoms with E-state index in [-0.39, 0.29) is 12.1 Å². The Labute approximate surface area is 85.8 Å². The molecule has 1 aliphatic rings. The zero-order chi connectivity index (χ0) is 10.6. The first kappa shape index (κ1) is 11.3. The number of urea groups is 1. The van der Waals surface area contributed by atoms with Crippen LogP contribution in [0, 0.1) is 0 Å². The zero-order valence-corrected chi connectivity index (χ0v) is 9.32. The summed E-state index contributed by atoms with van der Waals surface area (Å²) in [4.78, 5) is 14.8. The molecule has 4 heteroatoms. The fourth-order valence-electron chi connectivity index (χ4n) is 1.68. The van der Waals surface area contributed by atoms with Crippen molar-refractivity contribution in [2.45, 2.75) is 25.4 Å². The number of hydrogen-bond donors (Lipinski definition) is 0. The molecule has 0 aromatic rings. The Morgan fingerprint density at radius 2 is 2.07 bits per heavy atom. The topological polar surface area (TPSA) is 32.8 Å². The number of ether oxygens (including phenoxy) is 1. The van der Waals surface area contributed by atoms with Crippen LogP contribution in [0.25, 0.3) is 0 Å². The van der Waals surface area contributed by atoms with Crippen molar-refractivity contribution >= 4 is 6.03 Å². The first-order valence-corrected chi connectivity index (χ1v) is 5.15. The minimum Gasteiger partial charge on any atom is -0.376 e. The van der Waals surface area contributed by atoms with Gasteiger partial charge >= 0.3 is 6.03 Å². The lowest BCUT2D eigenvalue weighted by molar-refractivity contribution is 0.00243. The highest BCUT2D eigenvalue weighted by molar-refractivity contribution is 5.73. The molecule has 2 amide bonds. The van der Waals surface area contributed by atoms with Gasteiger partial charge in [-0.05, 0) is 19.3 Å². The molecule has 0 radical (unpaired) electrons. The van der Waals surface area contributed by atoms with Gasteiger partial charge in [0.2, 0.25) is 0 Å². The molecule has 4 nitrogen and oxygen atoms in total. The summed E-state index contributed by atoms with van der Waals surface area (Å²) < 4.78 is 5.57. The summed E-state index contributed by atoms with van der Waals surface area (Å²) in [6.45, 7) is 1.55. The SMILES string of the molecule is CN(C)C(=O)N(C)CC1CCCCO1. The van der Waals surface area contributed by atoms with Gasteiger partial charge in [-0.2, -0.15) is 0 Å². The molecule has 82 valence electrons. The number of nitrogens with zero attached hydrogens (tertiary/aromatic N) is 2. The minimum absolute atomic E-state index is 0.0409. The summed E-state index contributed by atoms with van der Waals surface area (Å²) in [6.07, 6.45) is 3.68. The van der Waals surface area contributed by atoms with E-state index in [2.05, 4.69) is 0 Å². The Hall–Kier alpha value is -0.770. The summed E-state index contributed by atoms with van der Waals surface area (Å²) in [6, 6.07) is 0.0409. The van der Waals surface area contributed by atoms with Gasteiger partial charge in [0.1, 0.15) is 0 Å². The van der Waals surface area contributed by atoms with Crippen LogP contribution in [0.1, 0.15) is 19.3 Å². The van der Waals surface area contributed by atoms with Crippen LogP contribution < -0.4 is 0 Å². The molecular weight excluding hydrogens is 180 g/mol. The van der Waals surface area contributed by atoms with E-state index in [1.807, 2.05) is 7.05 Å². The molecule has 1 fully saturated rings. The third-order valence-corrected chi connectivity index (χ3v) is 2.46. The minimum atomic E-state index is 0.0409. The molecular formula is C10H20N2O2. The Bertz CT molecular complexity index is 189. The van der Waals surface area contributed by atoms with E-state index in [1.165, 1.54) is 6.42 Å². The van der Waals surface area contributed by atoms with Crippen molar-refractivity contribution in [3.63, 3.8) is 0 Å². The number of carbonyl (C=O) groups is 1. The lowest BCUT2D eigenvalue weighted by Crippen LogP contribution is -2.42. The van der Waals surface area contributed by atoms with Crippen LogP contribution in [0.3, 0.4) is 0 Å². The maximum absolute atomic E-state index is 11.5. The summed E-state index contributed by atoms with van der Waals surface area (Å²) in [5, 5.41) is 0. The molecule has 1 saturated heterocycles. The molecule has 1 rings (SSSR count). The third kappa shape index (κ3) is 3.18. The monoisotopic (exact) mass is 200 g/mol. The Morgan fingerprint density at radius 3 is 2.57 bits per heavy atom. The highest BCUT2D eigenvalue weighted by Crippen LogP contribution is 2.13. The van der Waals surface area contributed by atoms with Gasteiger partial charge in [-0.3, -0.25) is 0 Å². The highest BCUT2D eigenvalue weighted by Gasteiger charge is 2.19. The smallest absolute Gasteiger partial charge is 0.319 e. The van der Waals surface area contributed by atoms with E-state index in [0.717, 1.165) is 19.4 Å². The summed E-state index contributed by atoms with van der Waals surface area (Å²) >= 11 is 0. The van der Waals surface area contributed by atoms with Crippen molar-refractivity contribution in [1.82, 2.24) is 9.80 Å². The van der Waals surface area contributed by atoms with Crippen LogP contribution in [0.2, 0.25) is 0 Å². The van der Waals surface area contributed by atoms with Gasteiger partial charge < -0.3 is 14.5 Å². The molecule has 14 heavy (non-hydrogen) atoms. The largest absolute Gasteiger partial charge is 0.376 e. The first-order valence-electron chi connectivity index (χ1n) is 5.15. The van der Waals surface area contributed by atoms with E-state index in [4.69, 9.17) is 4.74 Å². The van der Waals surface area contributed by atoms with Crippen molar-refractivity contribution in [1.29, 1.82) is 0 Å². The van der Waals surface area contributed by atoms with Crippen LogP contribution in [-0.2, 0) is 4.74 Å². The number of hydrogen-bond acceptors (Lipinski definition) is 2. The molecule has 0 saturated carbocycles. The number of rotatable bonds is 2. The van der Waals surface area contributed by atoms with Gasteiger partial charge in [0, 0.05) is 34.3 Å².